The second-order valence-electron chi connectivity index (χ2n) is 6.08. The molecule has 19 heavy (non-hydrogen) atoms. The van der Waals surface area contributed by atoms with Crippen molar-refractivity contribution in [2.75, 3.05) is 13.2 Å². The number of nitrogens with zero attached hydrogens (tertiary/aromatic N) is 1. The van der Waals surface area contributed by atoms with E-state index in [1.807, 2.05) is 11.8 Å². The first-order chi connectivity index (χ1) is 9.10. The SMILES string of the molecule is CCCC1NC(C)(CC)C(=O)N1CC1CCCCO1. The van der Waals surface area contributed by atoms with E-state index in [9.17, 15) is 4.79 Å². The van der Waals surface area contributed by atoms with Crippen molar-refractivity contribution in [2.45, 2.75) is 77.1 Å². The largest absolute Gasteiger partial charge is 0.376 e. The first-order valence-corrected chi connectivity index (χ1v) is 7.81. The van der Waals surface area contributed by atoms with Crippen LogP contribution in [0.5, 0.6) is 0 Å². The van der Waals surface area contributed by atoms with Crippen LogP contribution in [0.25, 0.3) is 0 Å². The predicted octanol–water partition coefficient (Wildman–Crippen LogP) is 2.28. The molecule has 2 rings (SSSR count). The molecule has 0 aromatic heterocycles. The number of ether oxygens (including phenoxy) is 1. The number of rotatable bonds is 5. The van der Waals surface area contributed by atoms with E-state index in [4.69, 9.17) is 4.74 Å². The van der Waals surface area contributed by atoms with Crippen LogP contribution in [0.1, 0.15) is 59.3 Å². The summed E-state index contributed by atoms with van der Waals surface area (Å²) < 4.78 is 5.79. The Morgan fingerprint density at radius 1 is 1.42 bits per heavy atom. The fourth-order valence-corrected chi connectivity index (χ4v) is 3.10. The maximum atomic E-state index is 12.6. The van der Waals surface area contributed by atoms with Crippen LogP contribution in [-0.2, 0) is 9.53 Å². The Labute approximate surface area is 116 Å². The monoisotopic (exact) mass is 268 g/mol. The van der Waals surface area contributed by atoms with Crippen molar-refractivity contribution in [3.8, 4) is 0 Å². The molecule has 2 fully saturated rings. The van der Waals surface area contributed by atoms with E-state index in [2.05, 4.69) is 19.2 Å². The summed E-state index contributed by atoms with van der Waals surface area (Å²) in [4.78, 5) is 14.7. The lowest BCUT2D eigenvalue weighted by Gasteiger charge is -2.30. The van der Waals surface area contributed by atoms with E-state index in [1.165, 1.54) is 6.42 Å². The van der Waals surface area contributed by atoms with E-state index in [0.717, 1.165) is 45.3 Å². The van der Waals surface area contributed by atoms with E-state index >= 15 is 0 Å². The molecule has 110 valence electrons. The van der Waals surface area contributed by atoms with Gasteiger partial charge < -0.3 is 9.64 Å². The third-order valence-corrected chi connectivity index (χ3v) is 4.54. The average molecular weight is 268 g/mol. The van der Waals surface area contributed by atoms with Crippen LogP contribution in [0, 0.1) is 0 Å². The topological polar surface area (TPSA) is 41.6 Å². The summed E-state index contributed by atoms with van der Waals surface area (Å²) in [6.45, 7) is 7.88. The zero-order chi connectivity index (χ0) is 13.9. The average Bonchev–Trinajstić information content (AvgIpc) is 2.66. The maximum Gasteiger partial charge on any atom is 0.243 e. The number of hydrogen-bond donors (Lipinski definition) is 1. The zero-order valence-electron chi connectivity index (χ0n) is 12.6. The Morgan fingerprint density at radius 2 is 2.21 bits per heavy atom. The first kappa shape index (κ1) is 14.8. The highest BCUT2D eigenvalue weighted by atomic mass is 16.5. The molecule has 0 bridgehead atoms. The van der Waals surface area contributed by atoms with Gasteiger partial charge in [0.1, 0.15) is 0 Å². The Morgan fingerprint density at radius 3 is 2.79 bits per heavy atom. The summed E-state index contributed by atoms with van der Waals surface area (Å²) in [5.41, 5.74) is -0.380. The fraction of sp³-hybridized carbons (Fsp3) is 0.933. The molecule has 1 amide bonds. The molecule has 4 heteroatoms. The van der Waals surface area contributed by atoms with Crippen molar-refractivity contribution < 1.29 is 9.53 Å². The van der Waals surface area contributed by atoms with Gasteiger partial charge in [0, 0.05) is 13.2 Å². The van der Waals surface area contributed by atoms with Crippen molar-refractivity contribution in [1.29, 1.82) is 0 Å². The summed E-state index contributed by atoms with van der Waals surface area (Å²) in [6, 6.07) is 0. The van der Waals surface area contributed by atoms with Crippen molar-refractivity contribution in [2.24, 2.45) is 0 Å². The van der Waals surface area contributed by atoms with Crippen LogP contribution in [0.15, 0.2) is 0 Å². The molecule has 2 saturated heterocycles. The van der Waals surface area contributed by atoms with E-state index in [1.54, 1.807) is 0 Å². The molecular weight excluding hydrogens is 240 g/mol. The highest BCUT2D eigenvalue weighted by molar-refractivity contribution is 5.88. The summed E-state index contributed by atoms with van der Waals surface area (Å²) in [5, 5.41) is 3.53. The molecule has 2 aliphatic heterocycles. The molecule has 4 nitrogen and oxygen atoms in total. The Bertz CT molecular complexity index is 315. The number of carbonyl (C=O) groups excluding carboxylic acids is 1. The normalized spacial score (nSPS) is 35.9. The smallest absolute Gasteiger partial charge is 0.243 e. The van der Waals surface area contributed by atoms with Crippen LogP contribution < -0.4 is 5.32 Å². The minimum Gasteiger partial charge on any atom is -0.376 e. The van der Waals surface area contributed by atoms with Gasteiger partial charge in [0.2, 0.25) is 5.91 Å². The van der Waals surface area contributed by atoms with Gasteiger partial charge in [-0.3, -0.25) is 10.1 Å². The molecule has 0 spiro atoms. The van der Waals surface area contributed by atoms with Gasteiger partial charge in [-0.1, -0.05) is 20.3 Å². The summed E-state index contributed by atoms with van der Waals surface area (Å²) in [7, 11) is 0. The quantitative estimate of drug-likeness (QED) is 0.831. The third kappa shape index (κ3) is 3.11. The Balaban J connectivity index is 2.04. The predicted molar refractivity (Wildman–Crippen MR) is 75.8 cm³/mol. The number of amides is 1. The maximum absolute atomic E-state index is 12.6. The van der Waals surface area contributed by atoms with Crippen molar-refractivity contribution in [1.82, 2.24) is 10.2 Å². The van der Waals surface area contributed by atoms with Crippen LogP contribution >= 0.6 is 0 Å². The number of hydrogen-bond acceptors (Lipinski definition) is 3. The summed E-state index contributed by atoms with van der Waals surface area (Å²) >= 11 is 0. The molecular formula is C15H28N2O2. The van der Waals surface area contributed by atoms with E-state index in [0.29, 0.717) is 0 Å². The standard InChI is InChI=1S/C15H28N2O2/c1-4-8-13-16-15(3,5-2)14(18)17(13)11-12-9-6-7-10-19-12/h12-13,16H,4-11H2,1-3H3. The molecule has 3 atom stereocenters. The lowest BCUT2D eigenvalue weighted by atomic mass is 9.99. The van der Waals surface area contributed by atoms with Gasteiger partial charge in [-0.15, -0.1) is 0 Å². The minimum atomic E-state index is -0.380. The van der Waals surface area contributed by atoms with E-state index < -0.39 is 0 Å². The van der Waals surface area contributed by atoms with Crippen molar-refractivity contribution in [3.05, 3.63) is 0 Å². The van der Waals surface area contributed by atoms with Crippen LogP contribution in [0.3, 0.4) is 0 Å². The van der Waals surface area contributed by atoms with Gasteiger partial charge in [0.05, 0.1) is 17.8 Å². The van der Waals surface area contributed by atoms with Crippen LogP contribution in [0.4, 0.5) is 0 Å². The van der Waals surface area contributed by atoms with Crippen molar-refractivity contribution >= 4 is 5.91 Å². The first-order valence-electron chi connectivity index (χ1n) is 7.81. The van der Waals surface area contributed by atoms with Crippen LogP contribution in [-0.4, -0.2) is 41.8 Å². The third-order valence-electron chi connectivity index (χ3n) is 4.54. The Kier molecular flexibility index (Phi) is 4.85. The molecule has 1 N–H and O–H groups in total. The van der Waals surface area contributed by atoms with Gasteiger partial charge in [0.15, 0.2) is 0 Å². The van der Waals surface area contributed by atoms with Gasteiger partial charge in [-0.2, -0.15) is 0 Å². The molecule has 0 aromatic carbocycles. The van der Waals surface area contributed by atoms with Crippen molar-refractivity contribution in [3.63, 3.8) is 0 Å². The van der Waals surface area contributed by atoms with Gasteiger partial charge in [0.25, 0.3) is 0 Å². The fourth-order valence-electron chi connectivity index (χ4n) is 3.10. The summed E-state index contributed by atoms with van der Waals surface area (Å²) in [5.74, 6) is 0.252. The molecule has 0 radical (unpaired) electrons. The van der Waals surface area contributed by atoms with Gasteiger partial charge >= 0.3 is 0 Å². The number of carbonyl (C=O) groups is 1. The van der Waals surface area contributed by atoms with Crippen LogP contribution in [0.2, 0.25) is 0 Å². The van der Waals surface area contributed by atoms with Gasteiger partial charge in [-0.25, -0.2) is 0 Å². The molecule has 0 aliphatic carbocycles. The zero-order valence-corrected chi connectivity index (χ0v) is 12.6. The summed E-state index contributed by atoms with van der Waals surface area (Å²) in [6.07, 6.45) is 6.85. The molecule has 0 saturated carbocycles. The molecule has 2 heterocycles. The lowest BCUT2D eigenvalue weighted by molar-refractivity contribution is -0.135. The molecule has 2 aliphatic rings. The molecule has 3 unspecified atom stereocenters. The highest BCUT2D eigenvalue weighted by Crippen LogP contribution is 2.27. The van der Waals surface area contributed by atoms with E-state index in [-0.39, 0.29) is 23.7 Å². The lowest BCUT2D eigenvalue weighted by Crippen LogP contribution is -2.44. The van der Waals surface area contributed by atoms with Gasteiger partial charge in [-0.05, 0) is 39.0 Å². The number of nitrogens with one attached hydrogen (secondary N) is 1. The second-order valence-corrected chi connectivity index (χ2v) is 6.08. The second kappa shape index (κ2) is 6.23. The molecule has 0 aromatic rings. The minimum absolute atomic E-state index is 0.188. The Hall–Kier alpha value is -0.610. The highest BCUT2D eigenvalue weighted by Gasteiger charge is 2.46.